The second kappa shape index (κ2) is 6.51. The fraction of sp³-hybridized carbons (Fsp3) is 0.417. The molecule has 0 aliphatic heterocycles. The summed E-state index contributed by atoms with van der Waals surface area (Å²) in [5, 5.41) is 2.81. The van der Waals surface area contributed by atoms with Gasteiger partial charge in [-0.1, -0.05) is 30.3 Å². The first-order valence-electron chi connectivity index (χ1n) is 5.67. The minimum Gasteiger partial charge on any atom is -0.350 e. The zero-order valence-electron chi connectivity index (χ0n) is 10.5. The van der Waals surface area contributed by atoms with Crippen LogP contribution in [0.1, 0.15) is 24.9 Å². The van der Waals surface area contributed by atoms with E-state index in [9.17, 15) is 13.2 Å². The molecule has 100 valence electrons. The molecule has 0 aliphatic carbocycles. The van der Waals surface area contributed by atoms with E-state index in [0.29, 0.717) is 0 Å². The quantitative estimate of drug-likeness (QED) is 0.803. The van der Waals surface area contributed by atoms with E-state index in [1.165, 1.54) is 0 Å². The summed E-state index contributed by atoms with van der Waals surface area (Å²) in [6, 6.07) is 9.50. The van der Waals surface area contributed by atoms with Crippen molar-refractivity contribution in [3.05, 3.63) is 35.9 Å². The van der Waals surface area contributed by atoms with Crippen LogP contribution in [0.15, 0.2) is 30.3 Å². The standard InChI is InChI=1S/C12H18N2O3S/c1-10(11-6-4-3-5-7-11)14-12(15)8-9-13-18(2,16)17/h3-7,10,13H,8-9H2,1-2H3,(H,14,15)/t10-/m1/s1. The van der Waals surface area contributed by atoms with Gasteiger partial charge in [-0.15, -0.1) is 0 Å². The highest BCUT2D eigenvalue weighted by molar-refractivity contribution is 7.88. The highest BCUT2D eigenvalue weighted by Gasteiger charge is 2.09. The van der Waals surface area contributed by atoms with Crippen LogP contribution >= 0.6 is 0 Å². The van der Waals surface area contributed by atoms with Crippen LogP contribution in [0.2, 0.25) is 0 Å². The summed E-state index contributed by atoms with van der Waals surface area (Å²) < 4.78 is 23.9. The van der Waals surface area contributed by atoms with Gasteiger partial charge in [-0.25, -0.2) is 13.1 Å². The largest absolute Gasteiger partial charge is 0.350 e. The van der Waals surface area contributed by atoms with Crippen molar-refractivity contribution in [1.29, 1.82) is 0 Å². The molecule has 2 N–H and O–H groups in total. The van der Waals surface area contributed by atoms with Crippen molar-refractivity contribution >= 4 is 15.9 Å². The van der Waals surface area contributed by atoms with Gasteiger partial charge >= 0.3 is 0 Å². The normalized spacial score (nSPS) is 13.0. The number of nitrogens with one attached hydrogen (secondary N) is 2. The number of carbonyl (C=O) groups excluding carboxylic acids is 1. The minimum absolute atomic E-state index is 0.0862. The SMILES string of the molecule is C[C@@H](NC(=O)CCNS(C)(=O)=O)c1ccccc1. The lowest BCUT2D eigenvalue weighted by Gasteiger charge is -2.14. The van der Waals surface area contributed by atoms with E-state index in [2.05, 4.69) is 10.0 Å². The number of sulfonamides is 1. The Balaban J connectivity index is 2.37. The lowest BCUT2D eigenvalue weighted by molar-refractivity contribution is -0.121. The monoisotopic (exact) mass is 270 g/mol. The second-order valence-corrected chi connectivity index (χ2v) is 5.95. The number of hydrogen-bond acceptors (Lipinski definition) is 3. The second-order valence-electron chi connectivity index (χ2n) is 4.12. The van der Waals surface area contributed by atoms with Gasteiger partial charge < -0.3 is 5.32 Å². The molecule has 1 atom stereocenters. The number of rotatable bonds is 6. The molecule has 0 radical (unpaired) electrons. The minimum atomic E-state index is -3.23. The predicted molar refractivity (Wildman–Crippen MR) is 70.5 cm³/mol. The van der Waals surface area contributed by atoms with Gasteiger partial charge in [-0.2, -0.15) is 0 Å². The van der Waals surface area contributed by atoms with E-state index < -0.39 is 10.0 Å². The molecule has 0 aromatic heterocycles. The first-order chi connectivity index (χ1) is 8.38. The molecule has 1 rings (SSSR count). The molecule has 0 unspecified atom stereocenters. The summed E-state index contributed by atoms with van der Waals surface area (Å²) in [7, 11) is -3.23. The van der Waals surface area contributed by atoms with Gasteiger partial charge in [0.2, 0.25) is 15.9 Å². The topological polar surface area (TPSA) is 75.3 Å². The summed E-state index contributed by atoms with van der Waals surface area (Å²) in [5.41, 5.74) is 1.02. The number of amides is 1. The smallest absolute Gasteiger partial charge is 0.221 e. The Morgan fingerprint density at radius 3 is 2.44 bits per heavy atom. The van der Waals surface area contributed by atoms with Crippen molar-refractivity contribution in [2.75, 3.05) is 12.8 Å². The van der Waals surface area contributed by atoms with E-state index in [-0.39, 0.29) is 24.9 Å². The van der Waals surface area contributed by atoms with Crippen molar-refractivity contribution in [3.8, 4) is 0 Å². The highest BCUT2D eigenvalue weighted by Crippen LogP contribution is 2.10. The lowest BCUT2D eigenvalue weighted by atomic mass is 10.1. The Morgan fingerprint density at radius 1 is 1.28 bits per heavy atom. The molecule has 6 heteroatoms. The molecule has 1 aromatic carbocycles. The van der Waals surface area contributed by atoms with Gasteiger partial charge in [0.15, 0.2) is 0 Å². The zero-order chi connectivity index (χ0) is 13.6. The van der Waals surface area contributed by atoms with Crippen LogP contribution in [0.25, 0.3) is 0 Å². The number of hydrogen-bond donors (Lipinski definition) is 2. The zero-order valence-corrected chi connectivity index (χ0v) is 11.3. The summed E-state index contributed by atoms with van der Waals surface area (Å²) >= 11 is 0. The fourth-order valence-electron chi connectivity index (χ4n) is 1.49. The first-order valence-corrected chi connectivity index (χ1v) is 7.56. The maximum Gasteiger partial charge on any atom is 0.221 e. The third kappa shape index (κ3) is 5.79. The molecular weight excluding hydrogens is 252 g/mol. The third-order valence-electron chi connectivity index (χ3n) is 2.39. The summed E-state index contributed by atoms with van der Waals surface area (Å²) in [5.74, 6) is -0.178. The average Bonchev–Trinajstić information content (AvgIpc) is 2.28. The van der Waals surface area contributed by atoms with Crippen LogP contribution in [0, 0.1) is 0 Å². The van der Waals surface area contributed by atoms with Crippen molar-refractivity contribution < 1.29 is 13.2 Å². The molecule has 1 amide bonds. The maximum absolute atomic E-state index is 11.6. The van der Waals surface area contributed by atoms with Gasteiger partial charge in [0.05, 0.1) is 12.3 Å². The number of benzene rings is 1. The third-order valence-corrected chi connectivity index (χ3v) is 3.12. The molecule has 0 spiro atoms. The molecule has 18 heavy (non-hydrogen) atoms. The van der Waals surface area contributed by atoms with Gasteiger partial charge in [-0.3, -0.25) is 4.79 Å². The highest BCUT2D eigenvalue weighted by atomic mass is 32.2. The van der Waals surface area contributed by atoms with Crippen LogP contribution in [0.4, 0.5) is 0 Å². The van der Waals surface area contributed by atoms with Crippen LogP contribution in [-0.2, 0) is 14.8 Å². The van der Waals surface area contributed by atoms with Crippen LogP contribution in [0.3, 0.4) is 0 Å². The van der Waals surface area contributed by atoms with Crippen LogP contribution in [0.5, 0.6) is 0 Å². The molecule has 5 nitrogen and oxygen atoms in total. The molecule has 1 aromatic rings. The van der Waals surface area contributed by atoms with Crippen molar-refractivity contribution in [3.63, 3.8) is 0 Å². The Morgan fingerprint density at radius 2 is 1.89 bits per heavy atom. The summed E-state index contributed by atoms with van der Waals surface area (Å²) in [6.45, 7) is 2.00. The van der Waals surface area contributed by atoms with Crippen molar-refractivity contribution in [1.82, 2.24) is 10.0 Å². The molecule has 0 aliphatic rings. The van der Waals surface area contributed by atoms with Crippen molar-refractivity contribution in [2.45, 2.75) is 19.4 Å². The Labute approximate surface area is 108 Å². The van der Waals surface area contributed by atoms with Gasteiger partial charge in [0.1, 0.15) is 0 Å². The van der Waals surface area contributed by atoms with Crippen molar-refractivity contribution in [2.24, 2.45) is 0 Å². The molecule has 0 fully saturated rings. The summed E-state index contributed by atoms with van der Waals surface area (Å²) in [4.78, 5) is 11.6. The maximum atomic E-state index is 11.6. The van der Waals surface area contributed by atoms with E-state index in [4.69, 9.17) is 0 Å². The Kier molecular flexibility index (Phi) is 5.30. The van der Waals surface area contributed by atoms with Gasteiger partial charge in [-0.05, 0) is 12.5 Å². The van der Waals surface area contributed by atoms with E-state index in [1.54, 1.807) is 0 Å². The molecule has 0 saturated carbocycles. The first kappa shape index (κ1) is 14.7. The molecular formula is C12H18N2O3S. The predicted octanol–water partition coefficient (Wildman–Crippen LogP) is 0.803. The van der Waals surface area contributed by atoms with Crippen LogP contribution < -0.4 is 10.0 Å². The van der Waals surface area contributed by atoms with E-state index >= 15 is 0 Å². The molecule has 0 saturated heterocycles. The number of carbonyl (C=O) groups is 1. The van der Waals surface area contributed by atoms with E-state index in [0.717, 1.165) is 11.8 Å². The van der Waals surface area contributed by atoms with Gasteiger partial charge in [0.25, 0.3) is 0 Å². The average molecular weight is 270 g/mol. The summed E-state index contributed by atoms with van der Waals surface area (Å²) in [6.07, 6.45) is 1.20. The molecule has 0 bridgehead atoms. The Hall–Kier alpha value is -1.40. The lowest BCUT2D eigenvalue weighted by Crippen LogP contribution is -2.31. The van der Waals surface area contributed by atoms with Gasteiger partial charge in [0, 0.05) is 13.0 Å². The Bertz CT molecular complexity index is 485. The molecule has 0 heterocycles. The fourth-order valence-corrected chi connectivity index (χ4v) is 1.96. The van der Waals surface area contributed by atoms with E-state index in [1.807, 2.05) is 37.3 Å². The van der Waals surface area contributed by atoms with Crippen LogP contribution in [-0.4, -0.2) is 27.1 Å².